The van der Waals surface area contributed by atoms with Crippen molar-refractivity contribution < 1.29 is 9.90 Å². The average molecular weight is 263 g/mol. The monoisotopic (exact) mass is 263 g/mol. The molecule has 0 aliphatic heterocycles. The molecule has 1 amide bonds. The summed E-state index contributed by atoms with van der Waals surface area (Å²) in [4.78, 5) is 13.5. The standard InChI is InChI=1S/C14H17NO2S/c1-10(11-4-2-5-11)15-14(17)13-8-7-12(18-13)6-3-9-16/h7-8,10-11,16H,2,4-5,9H2,1H3,(H,15,17). The molecule has 1 aliphatic carbocycles. The molecule has 2 N–H and O–H groups in total. The smallest absolute Gasteiger partial charge is 0.261 e. The molecule has 0 radical (unpaired) electrons. The van der Waals surface area contributed by atoms with Crippen molar-refractivity contribution in [1.29, 1.82) is 0 Å². The number of aliphatic hydroxyl groups is 1. The van der Waals surface area contributed by atoms with Crippen LogP contribution in [0.25, 0.3) is 0 Å². The first-order valence-electron chi connectivity index (χ1n) is 6.21. The first-order valence-corrected chi connectivity index (χ1v) is 7.03. The third kappa shape index (κ3) is 3.12. The molecule has 1 fully saturated rings. The molecule has 1 aromatic heterocycles. The molecule has 0 saturated heterocycles. The maximum atomic E-state index is 12.0. The number of hydrogen-bond donors (Lipinski definition) is 2. The maximum Gasteiger partial charge on any atom is 0.261 e. The van der Waals surface area contributed by atoms with Crippen molar-refractivity contribution in [1.82, 2.24) is 5.32 Å². The number of rotatable bonds is 3. The van der Waals surface area contributed by atoms with Crippen molar-refractivity contribution in [3.05, 3.63) is 21.9 Å². The summed E-state index contributed by atoms with van der Waals surface area (Å²) in [5.74, 6) is 6.01. The minimum absolute atomic E-state index is 0.0172. The summed E-state index contributed by atoms with van der Waals surface area (Å²) in [7, 11) is 0. The van der Waals surface area contributed by atoms with Gasteiger partial charge in [0.15, 0.2) is 0 Å². The van der Waals surface area contributed by atoms with E-state index in [1.165, 1.54) is 30.6 Å². The zero-order valence-electron chi connectivity index (χ0n) is 10.4. The molecule has 1 unspecified atom stereocenters. The van der Waals surface area contributed by atoms with E-state index < -0.39 is 0 Å². The third-order valence-electron chi connectivity index (χ3n) is 3.34. The Balaban J connectivity index is 1.93. The Bertz CT molecular complexity index is 479. The van der Waals surface area contributed by atoms with E-state index >= 15 is 0 Å². The van der Waals surface area contributed by atoms with E-state index in [9.17, 15) is 4.79 Å². The number of nitrogens with one attached hydrogen (secondary N) is 1. The highest BCUT2D eigenvalue weighted by atomic mass is 32.1. The van der Waals surface area contributed by atoms with Crippen molar-refractivity contribution in [3.63, 3.8) is 0 Å². The van der Waals surface area contributed by atoms with Crippen molar-refractivity contribution in [2.24, 2.45) is 5.92 Å². The van der Waals surface area contributed by atoms with Gasteiger partial charge in [-0.25, -0.2) is 0 Å². The van der Waals surface area contributed by atoms with Gasteiger partial charge in [0, 0.05) is 6.04 Å². The molecule has 0 bridgehead atoms. The van der Waals surface area contributed by atoms with E-state index in [-0.39, 0.29) is 18.6 Å². The van der Waals surface area contributed by atoms with Crippen LogP contribution in [0.15, 0.2) is 12.1 Å². The molecule has 96 valence electrons. The van der Waals surface area contributed by atoms with E-state index in [1.807, 2.05) is 6.07 Å². The van der Waals surface area contributed by atoms with Gasteiger partial charge in [-0.15, -0.1) is 11.3 Å². The van der Waals surface area contributed by atoms with Gasteiger partial charge in [0.1, 0.15) is 6.61 Å². The third-order valence-corrected chi connectivity index (χ3v) is 4.34. The number of thiophene rings is 1. The Morgan fingerprint density at radius 3 is 3.00 bits per heavy atom. The lowest BCUT2D eigenvalue weighted by molar-refractivity contribution is 0.0913. The molecule has 0 aromatic carbocycles. The van der Waals surface area contributed by atoms with Crippen LogP contribution < -0.4 is 5.32 Å². The highest BCUT2D eigenvalue weighted by molar-refractivity contribution is 7.14. The molecule has 2 rings (SSSR count). The van der Waals surface area contributed by atoms with Crippen LogP contribution in [-0.2, 0) is 0 Å². The fraction of sp³-hybridized carbons (Fsp3) is 0.500. The molecule has 1 aliphatic rings. The molecule has 1 heterocycles. The predicted molar refractivity (Wildman–Crippen MR) is 72.6 cm³/mol. The van der Waals surface area contributed by atoms with Gasteiger partial charge in [0.05, 0.1) is 9.75 Å². The normalized spacial score (nSPS) is 16.3. The number of amides is 1. The Hall–Kier alpha value is -1.31. The maximum absolute atomic E-state index is 12.0. The van der Waals surface area contributed by atoms with Gasteiger partial charge in [-0.3, -0.25) is 4.79 Å². The minimum atomic E-state index is -0.155. The van der Waals surface area contributed by atoms with E-state index in [1.54, 1.807) is 6.07 Å². The molecule has 4 heteroatoms. The van der Waals surface area contributed by atoms with Gasteiger partial charge < -0.3 is 10.4 Å². The second kappa shape index (κ2) is 6.03. The van der Waals surface area contributed by atoms with Crippen LogP contribution >= 0.6 is 11.3 Å². The van der Waals surface area contributed by atoms with Crippen LogP contribution in [0.5, 0.6) is 0 Å². The summed E-state index contributed by atoms with van der Waals surface area (Å²) in [5.41, 5.74) is 0. The molecule has 1 atom stereocenters. The topological polar surface area (TPSA) is 49.3 Å². The summed E-state index contributed by atoms with van der Waals surface area (Å²) in [6, 6.07) is 3.85. The van der Waals surface area contributed by atoms with Crippen LogP contribution in [0.3, 0.4) is 0 Å². The highest BCUT2D eigenvalue weighted by Crippen LogP contribution is 2.29. The number of hydrogen-bond acceptors (Lipinski definition) is 3. The van der Waals surface area contributed by atoms with E-state index in [2.05, 4.69) is 24.1 Å². The summed E-state index contributed by atoms with van der Waals surface area (Å²) in [6.07, 6.45) is 3.73. The Morgan fingerprint density at radius 1 is 1.61 bits per heavy atom. The molecular formula is C14H17NO2S. The van der Waals surface area contributed by atoms with Crippen LogP contribution in [0.2, 0.25) is 0 Å². The fourth-order valence-corrected chi connectivity index (χ4v) is 2.77. The quantitative estimate of drug-likeness (QED) is 0.820. The first-order chi connectivity index (χ1) is 8.70. The lowest BCUT2D eigenvalue weighted by Crippen LogP contribution is -2.40. The van der Waals surface area contributed by atoms with Crippen molar-refractivity contribution >= 4 is 17.2 Å². The lowest BCUT2D eigenvalue weighted by Gasteiger charge is -2.31. The van der Waals surface area contributed by atoms with Crippen LogP contribution in [-0.4, -0.2) is 23.7 Å². The van der Waals surface area contributed by atoms with Gasteiger partial charge in [-0.2, -0.15) is 0 Å². The van der Waals surface area contributed by atoms with E-state index in [0.717, 1.165) is 4.88 Å². The number of aliphatic hydroxyl groups excluding tert-OH is 1. The first kappa shape index (κ1) is 13.1. The van der Waals surface area contributed by atoms with Crippen molar-refractivity contribution in [2.45, 2.75) is 32.2 Å². The fourth-order valence-electron chi connectivity index (χ4n) is 1.99. The van der Waals surface area contributed by atoms with Crippen LogP contribution in [0.1, 0.15) is 40.7 Å². The van der Waals surface area contributed by atoms with E-state index in [4.69, 9.17) is 5.11 Å². The van der Waals surface area contributed by atoms with Gasteiger partial charge >= 0.3 is 0 Å². The zero-order valence-corrected chi connectivity index (χ0v) is 11.2. The van der Waals surface area contributed by atoms with Gasteiger partial charge in [-0.1, -0.05) is 18.3 Å². The lowest BCUT2D eigenvalue weighted by atomic mass is 9.80. The molecule has 3 nitrogen and oxygen atoms in total. The van der Waals surface area contributed by atoms with Gasteiger partial charge in [0.2, 0.25) is 0 Å². The zero-order chi connectivity index (χ0) is 13.0. The second-order valence-electron chi connectivity index (χ2n) is 4.58. The Morgan fingerprint density at radius 2 is 2.39 bits per heavy atom. The summed E-state index contributed by atoms with van der Waals surface area (Å²) >= 11 is 1.36. The van der Waals surface area contributed by atoms with Gasteiger partial charge in [0.25, 0.3) is 5.91 Å². The summed E-state index contributed by atoms with van der Waals surface area (Å²) in [6.45, 7) is 1.92. The van der Waals surface area contributed by atoms with Crippen molar-refractivity contribution in [3.8, 4) is 11.8 Å². The molecule has 1 aromatic rings. The molecule has 0 spiro atoms. The average Bonchev–Trinajstić information content (AvgIpc) is 2.72. The largest absolute Gasteiger partial charge is 0.384 e. The van der Waals surface area contributed by atoms with Gasteiger partial charge in [-0.05, 0) is 37.8 Å². The number of carbonyl (C=O) groups excluding carboxylic acids is 1. The minimum Gasteiger partial charge on any atom is -0.384 e. The van der Waals surface area contributed by atoms with E-state index in [0.29, 0.717) is 10.8 Å². The molecular weight excluding hydrogens is 246 g/mol. The van der Waals surface area contributed by atoms with Crippen LogP contribution in [0, 0.1) is 17.8 Å². The summed E-state index contributed by atoms with van der Waals surface area (Å²) in [5, 5.41) is 11.7. The van der Waals surface area contributed by atoms with Crippen LogP contribution in [0.4, 0.5) is 0 Å². The van der Waals surface area contributed by atoms with Crippen molar-refractivity contribution in [2.75, 3.05) is 6.61 Å². The Kier molecular flexibility index (Phi) is 4.40. The molecule has 1 saturated carbocycles. The SMILES string of the molecule is CC(NC(=O)c1ccc(C#CCO)s1)C1CCC1. The highest BCUT2D eigenvalue weighted by Gasteiger charge is 2.25. The second-order valence-corrected chi connectivity index (χ2v) is 5.66. The molecule has 18 heavy (non-hydrogen) atoms. The number of carbonyl (C=O) groups is 1. The summed E-state index contributed by atoms with van der Waals surface area (Å²) < 4.78 is 0. The Labute approximate surface area is 111 Å². The predicted octanol–water partition coefficient (Wildman–Crippen LogP) is 2.01.